The second-order valence-electron chi connectivity index (χ2n) is 3.49. The number of hydrogen-bond donors (Lipinski definition) is 2. The summed E-state index contributed by atoms with van der Waals surface area (Å²) in [4.78, 5) is 16.0. The van der Waals surface area contributed by atoms with Gasteiger partial charge < -0.3 is 10.4 Å². The number of aromatic nitrogens is 1. The maximum atomic E-state index is 10.6. The molecule has 2 rings (SSSR count). The number of nitrogens with zero attached hydrogens (tertiary/aromatic N) is 1. The van der Waals surface area contributed by atoms with Crippen molar-refractivity contribution in [3.63, 3.8) is 0 Å². The van der Waals surface area contributed by atoms with Crippen LogP contribution in [0.25, 0.3) is 0 Å². The number of carboxylic acids is 1. The lowest BCUT2D eigenvalue weighted by atomic mass is 10.3. The monoisotopic (exact) mass is 248 g/mol. The molecule has 2 heterocycles. The molecule has 5 heteroatoms. The van der Waals surface area contributed by atoms with Gasteiger partial charge in [0.25, 0.3) is 0 Å². The Kier molecular flexibility index (Phi) is 3.72. The Morgan fingerprint density at radius 3 is 2.88 bits per heavy atom. The van der Waals surface area contributed by atoms with Crippen LogP contribution in [-0.4, -0.2) is 22.6 Å². The highest BCUT2D eigenvalue weighted by atomic mass is 32.1. The summed E-state index contributed by atoms with van der Waals surface area (Å²) < 4.78 is 0. The van der Waals surface area contributed by atoms with E-state index in [-0.39, 0.29) is 5.56 Å². The summed E-state index contributed by atoms with van der Waals surface area (Å²) in [5.74, 6) is -0.255. The number of hydrogen-bond acceptors (Lipinski definition) is 4. The van der Waals surface area contributed by atoms with Gasteiger partial charge in [-0.25, -0.2) is 9.78 Å². The van der Waals surface area contributed by atoms with Gasteiger partial charge in [-0.05, 0) is 30.0 Å². The van der Waals surface area contributed by atoms with Crippen molar-refractivity contribution >= 4 is 23.1 Å². The van der Waals surface area contributed by atoms with E-state index in [0.717, 1.165) is 13.0 Å². The van der Waals surface area contributed by atoms with E-state index in [0.29, 0.717) is 5.82 Å². The zero-order chi connectivity index (χ0) is 12.1. The number of carboxylic acid groups (broad SMARTS) is 1. The molecule has 0 spiro atoms. The highest BCUT2D eigenvalue weighted by molar-refractivity contribution is 7.09. The van der Waals surface area contributed by atoms with Crippen molar-refractivity contribution in [2.24, 2.45) is 0 Å². The van der Waals surface area contributed by atoms with E-state index in [4.69, 9.17) is 5.11 Å². The highest BCUT2D eigenvalue weighted by Gasteiger charge is 2.02. The van der Waals surface area contributed by atoms with Crippen molar-refractivity contribution in [1.82, 2.24) is 4.98 Å². The number of pyridine rings is 1. The van der Waals surface area contributed by atoms with Gasteiger partial charge in [-0.1, -0.05) is 6.07 Å². The van der Waals surface area contributed by atoms with Crippen LogP contribution in [0.1, 0.15) is 15.2 Å². The molecule has 0 atom stereocenters. The highest BCUT2D eigenvalue weighted by Crippen LogP contribution is 2.10. The van der Waals surface area contributed by atoms with E-state index in [1.54, 1.807) is 23.5 Å². The molecule has 2 N–H and O–H groups in total. The van der Waals surface area contributed by atoms with Gasteiger partial charge in [-0.15, -0.1) is 11.3 Å². The Morgan fingerprint density at radius 2 is 2.29 bits per heavy atom. The predicted molar refractivity (Wildman–Crippen MR) is 67.7 cm³/mol. The molecule has 0 aliphatic carbocycles. The lowest BCUT2D eigenvalue weighted by Gasteiger charge is -2.04. The number of rotatable bonds is 5. The van der Waals surface area contributed by atoms with Gasteiger partial charge in [0.05, 0.1) is 5.56 Å². The average Bonchev–Trinajstić information content (AvgIpc) is 2.83. The minimum absolute atomic E-state index is 0.203. The van der Waals surface area contributed by atoms with Crippen molar-refractivity contribution in [1.29, 1.82) is 0 Å². The van der Waals surface area contributed by atoms with Gasteiger partial charge in [-0.3, -0.25) is 0 Å². The number of anilines is 1. The maximum Gasteiger partial charge on any atom is 0.337 e. The topological polar surface area (TPSA) is 62.2 Å². The average molecular weight is 248 g/mol. The quantitative estimate of drug-likeness (QED) is 0.853. The van der Waals surface area contributed by atoms with E-state index < -0.39 is 5.97 Å². The Labute approximate surface area is 103 Å². The molecule has 0 aromatic carbocycles. The summed E-state index contributed by atoms with van der Waals surface area (Å²) in [5, 5.41) is 13.9. The molecule has 0 fully saturated rings. The number of aromatic carboxylic acids is 1. The fourth-order valence-corrected chi connectivity index (χ4v) is 2.10. The molecule has 2 aromatic rings. The molecule has 88 valence electrons. The fourth-order valence-electron chi connectivity index (χ4n) is 1.39. The molecule has 4 nitrogen and oxygen atoms in total. The molecule has 0 saturated heterocycles. The smallest absolute Gasteiger partial charge is 0.337 e. The molecule has 0 unspecified atom stereocenters. The van der Waals surface area contributed by atoms with Crippen LogP contribution in [0, 0.1) is 0 Å². The molecular formula is C12H12N2O2S. The Hall–Kier alpha value is -1.88. The Morgan fingerprint density at radius 1 is 1.41 bits per heavy atom. The van der Waals surface area contributed by atoms with Crippen LogP contribution in [0.5, 0.6) is 0 Å². The van der Waals surface area contributed by atoms with Gasteiger partial charge in [0, 0.05) is 17.6 Å². The second kappa shape index (κ2) is 5.45. The second-order valence-corrected chi connectivity index (χ2v) is 4.53. The molecule has 2 aromatic heterocycles. The SMILES string of the molecule is O=C(O)c1ccc(NCCc2cccs2)nc1. The first kappa shape index (κ1) is 11.6. The van der Waals surface area contributed by atoms with E-state index in [1.165, 1.54) is 11.1 Å². The molecule has 0 saturated carbocycles. The van der Waals surface area contributed by atoms with Crippen LogP contribution < -0.4 is 5.32 Å². The minimum atomic E-state index is -0.956. The molecular weight excluding hydrogens is 236 g/mol. The summed E-state index contributed by atoms with van der Waals surface area (Å²) in [6.07, 6.45) is 2.30. The van der Waals surface area contributed by atoms with Crippen molar-refractivity contribution in [2.45, 2.75) is 6.42 Å². The minimum Gasteiger partial charge on any atom is -0.478 e. The largest absolute Gasteiger partial charge is 0.478 e. The first-order chi connectivity index (χ1) is 8.25. The fraction of sp³-hybridized carbons (Fsp3) is 0.167. The van der Waals surface area contributed by atoms with Gasteiger partial charge in [-0.2, -0.15) is 0 Å². The van der Waals surface area contributed by atoms with Crippen molar-refractivity contribution in [3.8, 4) is 0 Å². The lowest BCUT2D eigenvalue weighted by Crippen LogP contribution is -2.06. The summed E-state index contributed by atoms with van der Waals surface area (Å²) in [7, 11) is 0. The molecule has 0 bridgehead atoms. The zero-order valence-electron chi connectivity index (χ0n) is 9.09. The third-order valence-electron chi connectivity index (χ3n) is 2.27. The van der Waals surface area contributed by atoms with Gasteiger partial charge >= 0.3 is 5.97 Å². The van der Waals surface area contributed by atoms with Crippen LogP contribution in [0.2, 0.25) is 0 Å². The third-order valence-corrected chi connectivity index (χ3v) is 3.20. The molecule has 0 aliphatic rings. The summed E-state index contributed by atoms with van der Waals surface area (Å²) >= 11 is 1.73. The third kappa shape index (κ3) is 3.29. The predicted octanol–water partition coefficient (Wildman–Crippen LogP) is 2.50. The van der Waals surface area contributed by atoms with Gasteiger partial charge in [0.2, 0.25) is 0 Å². The van der Waals surface area contributed by atoms with Gasteiger partial charge in [0.1, 0.15) is 5.82 Å². The van der Waals surface area contributed by atoms with Crippen LogP contribution >= 0.6 is 11.3 Å². The maximum absolute atomic E-state index is 10.6. The van der Waals surface area contributed by atoms with Crippen molar-refractivity contribution in [3.05, 3.63) is 46.3 Å². The Bertz CT molecular complexity index is 480. The first-order valence-electron chi connectivity index (χ1n) is 5.21. The van der Waals surface area contributed by atoms with Crippen LogP contribution in [0.15, 0.2) is 35.8 Å². The van der Waals surface area contributed by atoms with Crippen LogP contribution in [0.3, 0.4) is 0 Å². The molecule has 0 radical (unpaired) electrons. The first-order valence-corrected chi connectivity index (χ1v) is 6.09. The molecule has 0 aliphatic heterocycles. The Balaban J connectivity index is 1.85. The summed E-state index contributed by atoms with van der Waals surface area (Å²) in [6, 6.07) is 7.34. The summed E-state index contributed by atoms with van der Waals surface area (Å²) in [6.45, 7) is 0.792. The summed E-state index contributed by atoms with van der Waals surface area (Å²) in [5.41, 5.74) is 0.203. The standard InChI is InChI=1S/C12H12N2O2S/c15-12(16)9-3-4-11(14-8-9)13-6-5-10-2-1-7-17-10/h1-4,7-8H,5-6H2,(H,13,14)(H,15,16). The van der Waals surface area contributed by atoms with E-state index >= 15 is 0 Å². The molecule has 17 heavy (non-hydrogen) atoms. The number of carbonyl (C=O) groups is 1. The zero-order valence-corrected chi connectivity index (χ0v) is 9.91. The van der Waals surface area contributed by atoms with Crippen LogP contribution in [0.4, 0.5) is 5.82 Å². The van der Waals surface area contributed by atoms with E-state index in [2.05, 4.69) is 21.7 Å². The van der Waals surface area contributed by atoms with Crippen LogP contribution in [-0.2, 0) is 6.42 Å². The lowest BCUT2D eigenvalue weighted by molar-refractivity contribution is 0.0696. The van der Waals surface area contributed by atoms with Gasteiger partial charge in [0.15, 0.2) is 0 Å². The number of nitrogens with one attached hydrogen (secondary N) is 1. The van der Waals surface area contributed by atoms with E-state index in [1.807, 2.05) is 6.07 Å². The number of thiophene rings is 1. The van der Waals surface area contributed by atoms with Crippen molar-refractivity contribution in [2.75, 3.05) is 11.9 Å². The molecule has 0 amide bonds. The van der Waals surface area contributed by atoms with Crippen molar-refractivity contribution < 1.29 is 9.90 Å². The van der Waals surface area contributed by atoms with E-state index in [9.17, 15) is 4.79 Å². The normalized spacial score (nSPS) is 10.1.